The number of aromatic nitrogens is 2. The van der Waals surface area contributed by atoms with Crippen LogP contribution in [0.4, 0.5) is 0 Å². The van der Waals surface area contributed by atoms with Crippen LogP contribution in [-0.4, -0.2) is 21.2 Å². The van der Waals surface area contributed by atoms with Crippen LogP contribution in [0.5, 0.6) is 0 Å². The van der Waals surface area contributed by atoms with Crippen LogP contribution in [0.15, 0.2) is 93.9 Å². The highest BCUT2D eigenvalue weighted by Crippen LogP contribution is 2.36. The largest absolute Gasteiger partial charge is 0.478 e. The Morgan fingerprint density at radius 2 is 1.64 bits per heavy atom. The number of nitrogens with zero attached hydrogens (tertiary/aromatic N) is 2. The molecule has 33 heavy (non-hydrogen) atoms. The van der Waals surface area contributed by atoms with Gasteiger partial charge in [-0.1, -0.05) is 69.6 Å². The molecule has 5 nitrogen and oxygen atoms in total. The Morgan fingerprint density at radius 3 is 2.52 bits per heavy atom. The van der Waals surface area contributed by atoms with Crippen LogP contribution in [0, 0.1) is 0 Å². The smallest absolute Gasteiger partial charge is 0.336 e. The highest BCUT2D eigenvalue weighted by atomic mass is 79.9. The van der Waals surface area contributed by atoms with Crippen molar-refractivity contribution in [3.05, 3.63) is 95.0 Å². The molecule has 0 fully saturated rings. The molecular formula is C27H15BrN2O3. The molecule has 0 aliphatic rings. The summed E-state index contributed by atoms with van der Waals surface area (Å²) in [5, 5.41) is 17.7. The van der Waals surface area contributed by atoms with Gasteiger partial charge in [-0.15, -0.1) is 0 Å². The third-order valence-corrected chi connectivity index (χ3v) is 6.30. The molecule has 0 saturated heterocycles. The number of pyridine rings is 1. The monoisotopic (exact) mass is 494 g/mol. The van der Waals surface area contributed by atoms with Gasteiger partial charge in [0.2, 0.25) is 0 Å². The van der Waals surface area contributed by atoms with Gasteiger partial charge in [-0.2, -0.15) is 0 Å². The molecule has 0 aliphatic heterocycles. The van der Waals surface area contributed by atoms with Gasteiger partial charge in [0.1, 0.15) is 5.52 Å². The van der Waals surface area contributed by atoms with E-state index >= 15 is 0 Å². The van der Waals surface area contributed by atoms with Crippen LogP contribution in [0.1, 0.15) is 10.4 Å². The lowest BCUT2D eigenvalue weighted by Crippen LogP contribution is -2.00. The zero-order valence-corrected chi connectivity index (χ0v) is 18.7. The van der Waals surface area contributed by atoms with E-state index in [9.17, 15) is 9.90 Å². The fourth-order valence-corrected chi connectivity index (χ4v) is 4.60. The summed E-state index contributed by atoms with van der Waals surface area (Å²) in [6.07, 6.45) is 0. The Kier molecular flexibility index (Phi) is 4.48. The molecule has 0 atom stereocenters. The van der Waals surface area contributed by atoms with Crippen LogP contribution >= 0.6 is 15.9 Å². The summed E-state index contributed by atoms with van der Waals surface area (Å²) in [5.41, 5.74) is 3.87. The Bertz CT molecular complexity index is 1720. The van der Waals surface area contributed by atoms with Gasteiger partial charge in [-0.25, -0.2) is 9.78 Å². The van der Waals surface area contributed by atoms with Crippen molar-refractivity contribution in [3.8, 4) is 22.6 Å². The molecular weight excluding hydrogens is 480 g/mol. The average molecular weight is 495 g/mol. The number of hydrogen-bond donors (Lipinski definition) is 1. The minimum atomic E-state index is -0.996. The van der Waals surface area contributed by atoms with Crippen LogP contribution in [-0.2, 0) is 0 Å². The molecule has 158 valence electrons. The number of carboxylic acids is 1. The molecule has 2 aromatic heterocycles. The van der Waals surface area contributed by atoms with Crippen molar-refractivity contribution in [1.82, 2.24) is 10.1 Å². The summed E-state index contributed by atoms with van der Waals surface area (Å²) in [6, 6.07) is 27.0. The van der Waals surface area contributed by atoms with Gasteiger partial charge in [-0.05, 0) is 47.2 Å². The summed E-state index contributed by atoms with van der Waals surface area (Å²) in [4.78, 5) is 16.7. The van der Waals surface area contributed by atoms with Gasteiger partial charge in [0.05, 0.1) is 22.2 Å². The van der Waals surface area contributed by atoms with Gasteiger partial charge in [-0.3, -0.25) is 0 Å². The summed E-state index contributed by atoms with van der Waals surface area (Å²) in [5.74, 6) is -0.323. The molecule has 0 bridgehead atoms. The Morgan fingerprint density at radius 1 is 0.818 bits per heavy atom. The summed E-state index contributed by atoms with van der Waals surface area (Å²) in [6.45, 7) is 0. The van der Waals surface area contributed by atoms with Crippen molar-refractivity contribution in [2.75, 3.05) is 0 Å². The number of benzene rings is 4. The number of hydrogen-bond acceptors (Lipinski definition) is 4. The standard InChI is InChI=1S/C27H15BrN2O3/c28-17-9-11-23-20(13-17)21(27(31)32)14-25(29-23)16-8-10-24-22(12-16)26(33-30-24)19-7-3-5-15-4-1-2-6-18(15)19/h1-14H,(H,31,32). The first-order chi connectivity index (χ1) is 16.1. The molecule has 0 radical (unpaired) electrons. The van der Waals surface area contributed by atoms with E-state index in [1.54, 1.807) is 12.1 Å². The second-order valence-corrected chi connectivity index (χ2v) is 8.71. The molecule has 0 spiro atoms. The molecule has 6 aromatic rings. The Labute approximate surface area is 196 Å². The van der Waals surface area contributed by atoms with Gasteiger partial charge in [0.15, 0.2) is 5.76 Å². The van der Waals surface area contributed by atoms with Crippen LogP contribution < -0.4 is 0 Å². The molecule has 0 saturated carbocycles. The van der Waals surface area contributed by atoms with Crippen molar-refractivity contribution >= 4 is 54.5 Å². The zero-order chi connectivity index (χ0) is 22.5. The van der Waals surface area contributed by atoms with E-state index in [4.69, 9.17) is 9.51 Å². The van der Waals surface area contributed by atoms with Crippen molar-refractivity contribution < 1.29 is 14.4 Å². The quantitative estimate of drug-likeness (QED) is 0.278. The number of aromatic carboxylic acids is 1. The lowest BCUT2D eigenvalue weighted by atomic mass is 9.99. The van der Waals surface area contributed by atoms with E-state index in [0.29, 0.717) is 22.4 Å². The third kappa shape index (κ3) is 3.27. The maximum absolute atomic E-state index is 12.0. The van der Waals surface area contributed by atoms with Crippen molar-refractivity contribution in [1.29, 1.82) is 0 Å². The fraction of sp³-hybridized carbons (Fsp3) is 0. The highest BCUT2D eigenvalue weighted by molar-refractivity contribution is 9.10. The number of rotatable bonds is 3. The van der Waals surface area contributed by atoms with E-state index in [-0.39, 0.29) is 5.56 Å². The molecule has 0 amide bonds. The lowest BCUT2D eigenvalue weighted by molar-refractivity contribution is 0.0699. The summed E-state index contributed by atoms with van der Waals surface area (Å²) in [7, 11) is 0. The van der Waals surface area contributed by atoms with E-state index < -0.39 is 5.97 Å². The lowest BCUT2D eigenvalue weighted by Gasteiger charge is -2.08. The van der Waals surface area contributed by atoms with Crippen LogP contribution in [0.2, 0.25) is 0 Å². The first-order valence-corrected chi connectivity index (χ1v) is 11.1. The molecule has 4 aromatic carbocycles. The second kappa shape index (κ2) is 7.53. The van der Waals surface area contributed by atoms with Crippen molar-refractivity contribution in [2.45, 2.75) is 0 Å². The van der Waals surface area contributed by atoms with E-state index in [1.165, 1.54) is 0 Å². The van der Waals surface area contributed by atoms with Crippen LogP contribution in [0.3, 0.4) is 0 Å². The normalized spacial score (nSPS) is 11.4. The van der Waals surface area contributed by atoms with Gasteiger partial charge >= 0.3 is 5.97 Å². The molecule has 2 heterocycles. The van der Waals surface area contributed by atoms with Gasteiger partial charge in [0, 0.05) is 21.0 Å². The van der Waals surface area contributed by atoms with E-state index in [1.807, 2.05) is 54.6 Å². The van der Waals surface area contributed by atoms with E-state index in [0.717, 1.165) is 37.3 Å². The topological polar surface area (TPSA) is 76.2 Å². The predicted molar refractivity (Wildman–Crippen MR) is 132 cm³/mol. The molecule has 0 unspecified atom stereocenters. The van der Waals surface area contributed by atoms with Crippen molar-refractivity contribution in [3.63, 3.8) is 0 Å². The second-order valence-electron chi connectivity index (χ2n) is 7.79. The average Bonchev–Trinajstić information content (AvgIpc) is 3.26. The summed E-state index contributed by atoms with van der Waals surface area (Å²) < 4.78 is 6.58. The maximum atomic E-state index is 12.0. The highest BCUT2D eigenvalue weighted by Gasteiger charge is 2.17. The first kappa shape index (κ1) is 19.6. The third-order valence-electron chi connectivity index (χ3n) is 5.81. The minimum absolute atomic E-state index is 0.205. The predicted octanol–water partition coefficient (Wildman–Crippen LogP) is 7.32. The zero-order valence-electron chi connectivity index (χ0n) is 17.1. The molecule has 6 heteroatoms. The van der Waals surface area contributed by atoms with E-state index in [2.05, 4.69) is 39.3 Å². The Hall–Kier alpha value is -4.03. The molecule has 1 N–H and O–H groups in total. The SMILES string of the molecule is O=C(O)c1cc(-c2ccc3noc(-c4cccc5ccccc45)c3c2)nc2ccc(Br)cc12. The fourth-order valence-electron chi connectivity index (χ4n) is 4.24. The van der Waals surface area contributed by atoms with Gasteiger partial charge < -0.3 is 9.63 Å². The number of carboxylic acid groups (broad SMARTS) is 1. The van der Waals surface area contributed by atoms with Crippen LogP contribution in [0.25, 0.3) is 55.2 Å². The minimum Gasteiger partial charge on any atom is -0.478 e. The number of halogens is 1. The number of carbonyl (C=O) groups is 1. The number of fused-ring (bicyclic) bond motifs is 3. The summed E-state index contributed by atoms with van der Waals surface area (Å²) >= 11 is 3.41. The first-order valence-electron chi connectivity index (χ1n) is 10.3. The Balaban J connectivity index is 1.57. The molecule has 6 rings (SSSR count). The maximum Gasteiger partial charge on any atom is 0.336 e. The van der Waals surface area contributed by atoms with Gasteiger partial charge in [0.25, 0.3) is 0 Å². The van der Waals surface area contributed by atoms with Crippen molar-refractivity contribution in [2.24, 2.45) is 0 Å². The molecule has 0 aliphatic carbocycles.